The molecule has 0 atom stereocenters. The molecule has 1 aromatic carbocycles. The molecule has 0 fully saturated rings. The zero-order valence-corrected chi connectivity index (χ0v) is 12.4. The smallest absolute Gasteiger partial charge is 0.338 e. The summed E-state index contributed by atoms with van der Waals surface area (Å²) in [5.41, 5.74) is -1.21. The molecule has 0 unspecified atom stereocenters. The molecule has 0 aromatic heterocycles. The van der Waals surface area contributed by atoms with Crippen molar-refractivity contribution < 1.29 is 24.6 Å². The molecule has 1 rings (SSSR count). The minimum absolute atomic E-state index is 0.302. The number of carboxylic acids is 2. The first kappa shape index (κ1) is 16.8. The topological polar surface area (TPSA) is 104 Å². The minimum Gasteiger partial charge on any atom is -0.480 e. The first-order valence-corrected chi connectivity index (χ1v) is 6.28. The number of hydrogen-bond acceptors (Lipinski definition) is 3. The van der Waals surface area contributed by atoms with E-state index >= 15 is 0 Å². The lowest BCUT2D eigenvalue weighted by molar-refractivity contribution is -0.135. The SMILES string of the molecule is O=C(O)CNC(=O)c1c(Cl)c(Cl)c(Cl)c(Cl)c1C(=O)O. The summed E-state index contributed by atoms with van der Waals surface area (Å²) < 4.78 is 0. The molecular weight excluding hydrogens is 356 g/mol. The van der Waals surface area contributed by atoms with Gasteiger partial charge in [0.1, 0.15) is 6.54 Å². The summed E-state index contributed by atoms with van der Waals surface area (Å²) in [7, 11) is 0. The van der Waals surface area contributed by atoms with Crippen LogP contribution >= 0.6 is 46.4 Å². The number of benzene rings is 1. The largest absolute Gasteiger partial charge is 0.480 e. The van der Waals surface area contributed by atoms with Crippen LogP contribution in [0.3, 0.4) is 0 Å². The fraction of sp³-hybridized carbons (Fsp3) is 0.100. The van der Waals surface area contributed by atoms with E-state index in [1.807, 2.05) is 5.32 Å². The molecule has 0 saturated heterocycles. The van der Waals surface area contributed by atoms with Crippen LogP contribution in [-0.4, -0.2) is 34.6 Å². The van der Waals surface area contributed by atoms with Crippen LogP contribution in [0, 0.1) is 0 Å². The van der Waals surface area contributed by atoms with Gasteiger partial charge in [0, 0.05) is 0 Å². The van der Waals surface area contributed by atoms with E-state index in [9.17, 15) is 14.4 Å². The molecular formula is C10H5Cl4NO5. The number of hydrogen-bond donors (Lipinski definition) is 3. The number of rotatable bonds is 4. The minimum atomic E-state index is -1.56. The summed E-state index contributed by atoms with van der Waals surface area (Å²) in [6.45, 7) is -0.730. The molecule has 0 aliphatic heterocycles. The number of nitrogens with one attached hydrogen (secondary N) is 1. The van der Waals surface area contributed by atoms with E-state index in [-0.39, 0.29) is 10.0 Å². The Morgan fingerprint density at radius 1 is 0.850 bits per heavy atom. The summed E-state index contributed by atoms with van der Waals surface area (Å²) in [4.78, 5) is 33.4. The summed E-state index contributed by atoms with van der Waals surface area (Å²) in [6.07, 6.45) is 0. The number of halogens is 4. The molecule has 10 heteroatoms. The van der Waals surface area contributed by atoms with Gasteiger partial charge >= 0.3 is 11.9 Å². The Kier molecular flexibility index (Phi) is 5.47. The van der Waals surface area contributed by atoms with Crippen LogP contribution in [0.15, 0.2) is 0 Å². The fourth-order valence-electron chi connectivity index (χ4n) is 1.29. The Labute approximate surface area is 132 Å². The van der Waals surface area contributed by atoms with Gasteiger partial charge in [-0.2, -0.15) is 0 Å². The molecule has 108 valence electrons. The summed E-state index contributed by atoms with van der Waals surface area (Å²) >= 11 is 22.9. The van der Waals surface area contributed by atoms with E-state index < -0.39 is 45.6 Å². The average Bonchev–Trinajstić information content (AvgIpc) is 2.36. The van der Waals surface area contributed by atoms with Gasteiger partial charge < -0.3 is 15.5 Å². The zero-order valence-electron chi connectivity index (χ0n) is 9.34. The van der Waals surface area contributed by atoms with Crippen LogP contribution in [0.25, 0.3) is 0 Å². The maximum Gasteiger partial charge on any atom is 0.338 e. The van der Waals surface area contributed by atoms with Crippen molar-refractivity contribution in [3.8, 4) is 0 Å². The summed E-state index contributed by atoms with van der Waals surface area (Å²) in [6, 6.07) is 0. The van der Waals surface area contributed by atoms with Crippen molar-refractivity contribution in [2.24, 2.45) is 0 Å². The second kappa shape index (κ2) is 6.49. The molecule has 3 N–H and O–H groups in total. The highest BCUT2D eigenvalue weighted by molar-refractivity contribution is 6.54. The number of carboxylic acid groups (broad SMARTS) is 2. The molecule has 0 aliphatic rings. The molecule has 6 nitrogen and oxygen atoms in total. The second-order valence-electron chi connectivity index (χ2n) is 3.39. The predicted octanol–water partition coefficient (Wildman–Crippen LogP) is 2.81. The van der Waals surface area contributed by atoms with Crippen molar-refractivity contribution in [2.45, 2.75) is 0 Å². The first-order valence-electron chi connectivity index (χ1n) is 4.77. The summed E-state index contributed by atoms with van der Waals surface area (Å²) in [5.74, 6) is -3.93. The van der Waals surface area contributed by atoms with E-state index in [1.165, 1.54) is 0 Å². The lowest BCUT2D eigenvalue weighted by atomic mass is 10.1. The first-order chi connectivity index (χ1) is 9.18. The van der Waals surface area contributed by atoms with E-state index in [0.29, 0.717) is 0 Å². The van der Waals surface area contributed by atoms with E-state index in [1.54, 1.807) is 0 Å². The maximum absolute atomic E-state index is 11.8. The van der Waals surface area contributed by atoms with Crippen molar-refractivity contribution in [2.75, 3.05) is 6.54 Å². The molecule has 0 saturated carbocycles. The average molecular weight is 361 g/mol. The Morgan fingerprint density at radius 3 is 1.70 bits per heavy atom. The number of aromatic carboxylic acids is 1. The molecule has 0 aliphatic carbocycles. The van der Waals surface area contributed by atoms with Gasteiger partial charge in [-0.15, -0.1) is 0 Å². The third kappa shape index (κ3) is 3.27. The third-order valence-corrected chi connectivity index (χ3v) is 3.91. The number of amides is 1. The molecule has 1 aromatic rings. The van der Waals surface area contributed by atoms with Gasteiger partial charge in [-0.05, 0) is 0 Å². The van der Waals surface area contributed by atoms with Crippen LogP contribution in [0.5, 0.6) is 0 Å². The third-order valence-electron chi connectivity index (χ3n) is 2.11. The van der Waals surface area contributed by atoms with Gasteiger partial charge in [0.15, 0.2) is 0 Å². The molecule has 0 bridgehead atoms. The fourth-order valence-corrected chi connectivity index (χ4v) is 2.31. The predicted molar refractivity (Wildman–Crippen MR) is 73.4 cm³/mol. The maximum atomic E-state index is 11.8. The zero-order chi connectivity index (χ0) is 15.6. The van der Waals surface area contributed by atoms with Crippen LogP contribution < -0.4 is 5.32 Å². The van der Waals surface area contributed by atoms with Crippen LogP contribution in [0.1, 0.15) is 20.7 Å². The van der Waals surface area contributed by atoms with Gasteiger partial charge in [-0.25, -0.2) is 4.79 Å². The van der Waals surface area contributed by atoms with Crippen molar-refractivity contribution in [3.05, 3.63) is 31.2 Å². The van der Waals surface area contributed by atoms with Gasteiger partial charge in [-0.3, -0.25) is 9.59 Å². The number of carbonyl (C=O) groups is 3. The molecule has 0 spiro atoms. The molecule has 1 amide bonds. The van der Waals surface area contributed by atoms with E-state index in [0.717, 1.165) is 0 Å². The van der Waals surface area contributed by atoms with Gasteiger partial charge in [0.25, 0.3) is 5.91 Å². The van der Waals surface area contributed by atoms with Crippen molar-refractivity contribution >= 4 is 64.2 Å². The van der Waals surface area contributed by atoms with Crippen LogP contribution in [-0.2, 0) is 4.79 Å². The van der Waals surface area contributed by atoms with Gasteiger partial charge in [0.2, 0.25) is 0 Å². The number of carbonyl (C=O) groups excluding carboxylic acids is 1. The second-order valence-corrected chi connectivity index (χ2v) is 4.90. The molecule has 0 heterocycles. The highest BCUT2D eigenvalue weighted by atomic mass is 35.5. The standard InChI is InChI=1S/C10H5Cl4NO5/c11-5-3(9(18)15-1-2(16)17)4(10(19)20)6(12)8(14)7(5)13/h1H2,(H,15,18)(H,16,17)(H,19,20). The normalized spacial score (nSPS) is 10.2. The monoisotopic (exact) mass is 359 g/mol. The Bertz CT molecular complexity index is 616. The van der Waals surface area contributed by atoms with Crippen LogP contribution in [0.2, 0.25) is 20.1 Å². The lowest BCUT2D eigenvalue weighted by Gasteiger charge is -2.13. The number of aliphatic carboxylic acids is 1. The van der Waals surface area contributed by atoms with E-state index in [4.69, 9.17) is 56.6 Å². The lowest BCUT2D eigenvalue weighted by Crippen LogP contribution is -2.31. The Hall–Kier alpha value is -1.21. The molecule has 20 heavy (non-hydrogen) atoms. The quantitative estimate of drug-likeness (QED) is 0.565. The summed E-state index contributed by atoms with van der Waals surface area (Å²) in [5, 5.41) is 18.0. The van der Waals surface area contributed by atoms with Crippen LogP contribution in [0.4, 0.5) is 0 Å². The van der Waals surface area contributed by atoms with E-state index in [2.05, 4.69) is 0 Å². The van der Waals surface area contributed by atoms with Crippen molar-refractivity contribution in [1.82, 2.24) is 5.32 Å². The Balaban J connectivity index is 3.48. The highest BCUT2D eigenvalue weighted by Crippen LogP contribution is 2.41. The molecule has 0 radical (unpaired) electrons. The Morgan fingerprint density at radius 2 is 1.30 bits per heavy atom. The highest BCUT2D eigenvalue weighted by Gasteiger charge is 2.28. The van der Waals surface area contributed by atoms with Gasteiger partial charge in [-0.1, -0.05) is 46.4 Å². The van der Waals surface area contributed by atoms with Gasteiger partial charge in [0.05, 0.1) is 31.2 Å². The van der Waals surface area contributed by atoms with Crippen molar-refractivity contribution in [1.29, 1.82) is 0 Å². The van der Waals surface area contributed by atoms with Crippen molar-refractivity contribution in [3.63, 3.8) is 0 Å².